The average Bonchev–Trinajstić information content (AvgIpc) is 2.50. The number of rotatable bonds is 4. The number of pyridine rings is 1. The maximum Gasteiger partial charge on any atom is 0.341 e. The standard InChI is InChI=1S/C15H10Cl4N2O3/c1-7-10(18)5-11(19)14(20-7)21-12(22)6-24-15(23)13-8(16)3-2-4-9(13)17/h2-5H,6H2,1H3,(H,20,21,22). The smallest absolute Gasteiger partial charge is 0.341 e. The molecule has 0 aliphatic carbocycles. The minimum Gasteiger partial charge on any atom is -0.452 e. The van der Waals surface area contributed by atoms with Gasteiger partial charge in [0.25, 0.3) is 5.91 Å². The average molecular weight is 408 g/mol. The predicted molar refractivity (Wildman–Crippen MR) is 94.4 cm³/mol. The number of nitrogens with one attached hydrogen (secondary N) is 1. The molecular weight excluding hydrogens is 398 g/mol. The summed E-state index contributed by atoms with van der Waals surface area (Å²) in [5.41, 5.74) is 0.489. The van der Waals surface area contributed by atoms with Gasteiger partial charge >= 0.3 is 5.97 Å². The van der Waals surface area contributed by atoms with Crippen molar-refractivity contribution < 1.29 is 14.3 Å². The van der Waals surface area contributed by atoms with E-state index in [-0.39, 0.29) is 26.4 Å². The lowest BCUT2D eigenvalue weighted by molar-refractivity contribution is -0.119. The molecule has 0 unspecified atom stereocenters. The molecule has 24 heavy (non-hydrogen) atoms. The van der Waals surface area contributed by atoms with Gasteiger partial charge in [-0.15, -0.1) is 0 Å². The molecule has 0 fully saturated rings. The van der Waals surface area contributed by atoms with Crippen LogP contribution < -0.4 is 5.32 Å². The number of ether oxygens (including phenoxy) is 1. The molecule has 9 heteroatoms. The molecule has 0 saturated heterocycles. The molecule has 0 bridgehead atoms. The molecular formula is C15H10Cl4N2O3. The van der Waals surface area contributed by atoms with Crippen LogP contribution in [-0.2, 0) is 9.53 Å². The number of amides is 1. The Morgan fingerprint density at radius 3 is 2.33 bits per heavy atom. The van der Waals surface area contributed by atoms with Gasteiger partial charge in [-0.3, -0.25) is 4.79 Å². The van der Waals surface area contributed by atoms with Crippen LogP contribution in [0.15, 0.2) is 24.3 Å². The third-order valence-electron chi connectivity index (χ3n) is 2.86. The molecule has 2 rings (SSSR count). The highest BCUT2D eigenvalue weighted by molar-refractivity contribution is 6.39. The number of carbonyl (C=O) groups is 2. The Labute approximate surface area is 157 Å². The van der Waals surface area contributed by atoms with E-state index in [0.717, 1.165) is 0 Å². The van der Waals surface area contributed by atoms with E-state index in [1.807, 2.05) is 0 Å². The van der Waals surface area contributed by atoms with Gasteiger partial charge in [0.1, 0.15) is 0 Å². The van der Waals surface area contributed by atoms with Crippen molar-refractivity contribution >= 4 is 64.1 Å². The van der Waals surface area contributed by atoms with Crippen molar-refractivity contribution in [3.8, 4) is 0 Å². The summed E-state index contributed by atoms with van der Waals surface area (Å²) in [5, 5.41) is 3.23. The second-order valence-electron chi connectivity index (χ2n) is 4.61. The number of nitrogens with zero attached hydrogens (tertiary/aromatic N) is 1. The van der Waals surface area contributed by atoms with Gasteiger partial charge in [-0.1, -0.05) is 52.5 Å². The Balaban J connectivity index is 2.01. The van der Waals surface area contributed by atoms with Crippen molar-refractivity contribution in [1.82, 2.24) is 4.98 Å². The molecule has 2 aromatic rings. The van der Waals surface area contributed by atoms with Crippen LogP contribution in [0.25, 0.3) is 0 Å². The topological polar surface area (TPSA) is 68.3 Å². The minimum atomic E-state index is -0.813. The molecule has 0 aliphatic heterocycles. The number of halogens is 4. The lowest BCUT2D eigenvalue weighted by atomic mass is 10.2. The van der Waals surface area contributed by atoms with E-state index in [2.05, 4.69) is 10.3 Å². The Bertz CT molecular complexity index is 791. The Morgan fingerprint density at radius 1 is 1.08 bits per heavy atom. The predicted octanol–water partition coefficient (Wildman–Crippen LogP) is 4.80. The number of hydrogen-bond acceptors (Lipinski definition) is 4. The van der Waals surface area contributed by atoms with E-state index in [4.69, 9.17) is 51.1 Å². The lowest BCUT2D eigenvalue weighted by Gasteiger charge is -2.10. The Kier molecular flexibility index (Phi) is 6.29. The molecule has 0 aliphatic rings. The van der Waals surface area contributed by atoms with Crippen molar-refractivity contribution in [3.05, 3.63) is 55.6 Å². The Morgan fingerprint density at radius 2 is 1.71 bits per heavy atom. The molecule has 5 nitrogen and oxygen atoms in total. The van der Waals surface area contributed by atoms with Crippen LogP contribution in [0.4, 0.5) is 5.82 Å². The highest BCUT2D eigenvalue weighted by Crippen LogP contribution is 2.26. The van der Waals surface area contributed by atoms with Gasteiger partial charge < -0.3 is 10.1 Å². The summed E-state index contributed by atoms with van der Waals surface area (Å²) < 4.78 is 4.90. The maximum atomic E-state index is 12.0. The van der Waals surface area contributed by atoms with Crippen molar-refractivity contribution in [3.63, 3.8) is 0 Å². The van der Waals surface area contributed by atoms with Crippen LogP contribution >= 0.6 is 46.4 Å². The molecule has 0 atom stereocenters. The summed E-state index contributed by atoms with van der Waals surface area (Å²) in [6.07, 6.45) is 0. The van der Waals surface area contributed by atoms with Crippen LogP contribution in [0.3, 0.4) is 0 Å². The van der Waals surface area contributed by atoms with Gasteiger partial charge in [-0.25, -0.2) is 9.78 Å². The molecule has 1 aromatic carbocycles. The maximum absolute atomic E-state index is 12.0. The summed E-state index contributed by atoms with van der Waals surface area (Å²) in [6, 6.07) is 6.02. The fourth-order valence-electron chi connectivity index (χ4n) is 1.71. The van der Waals surface area contributed by atoms with Crippen molar-refractivity contribution in [1.29, 1.82) is 0 Å². The van der Waals surface area contributed by atoms with Gasteiger partial charge in [0, 0.05) is 0 Å². The third-order valence-corrected chi connectivity index (χ3v) is 4.16. The monoisotopic (exact) mass is 406 g/mol. The van der Waals surface area contributed by atoms with E-state index in [9.17, 15) is 9.59 Å². The van der Waals surface area contributed by atoms with Crippen LogP contribution in [0.5, 0.6) is 0 Å². The molecule has 1 amide bonds. The first kappa shape index (κ1) is 18.8. The van der Waals surface area contributed by atoms with Gasteiger partial charge in [0.05, 0.1) is 31.3 Å². The first-order valence-electron chi connectivity index (χ1n) is 6.53. The van der Waals surface area contributed by atoms with Crippen LogP contribution in [-0.4, -0.2) is 23.5 Å². The molecule has 0 saturated carbocycles. The quantitative estimate of drug-likeness (QED) is 0.739. The summed E-state index contributed by atoms with van der Waals surface area (Å²) in [7, 11) is 0. The van der Waals surface area contributed by atoms with Gasteiger partial charge in [0.2, 0.25) is 0 Å². The molecule has 1 N–H and O–H groups in total. The van der Waals surface area contributed by atoms with Gasteiger partial charge in [-0.05, 0) is 25.1 Å². The summed E-state index contributed by atoms with van der Waals surface area (Å²) in [4.78, 5) is 27.9. The highest BCUT2D eigenvalue weighted by Gasteiger charge is 2.18. The van der Waals surface area contributed by atoms with Crippen LogP contribution in [0, 0.1) is 6.92 Å². The molecule has 126 valence electrons. The summed E-state index contributed by atoms with van der Waals surface area (Å²) in [5.74, 6) is -1.31. The largest absolute Gasteiger partial charge is 0.452 e. The van der Waals surface area contributed by atoms with Crippen LogP contribution in [0.1, 0.15) is 16.1 Å². The number of carbonyl (C=O) groups excluding carboxylic acids is 2. The number of benzene rings is 1. The van der Waals surface area contributed by atoms with E-state index in [0.29, 0.717) is 10.7 Å². The zero-order valence-corrected chi connectivity index (χ0v) is 15.2. The summed E-state index contributed by atoms with van der Waals surface area (Å²) >= 11 is 23.6. The normalized spacial score (nSPS) is 10.4. The molecule has 0 spiro atoms. The zero-order chi connectivity index (χ0) is 17.9. The number of aryl methyl sites for hydroxylation is 1. The first-order chi connectivity index (χ1) is 11.3. The first-order valence-corrected chi connectivity index (χ1v) is 8.04. The molecule has 0 radical (unpaired) electrons. The number of anilines is 1. The van der Waals surface area contributed by atoms with E-state index < -0.39 is 18.5 Å². The van der Waals surface area contributed by atoms with Gasteiger partial charge in [0.15, 0.2) is 12.4 Å². The minimum absolute atomic E-state index is 0.00729. The zero-order valence-electron chi connectivity index (χ0n) is 12.2. The second-order valence-corrected chi connectivity index (χ2v) is 6.24. The van der Waals surface area contributed by atoms with E-state index >= 15 is 0 Å². The van der Waals surface area contributed by atoms with Gasteiger partial charge in [-0.2, -0.15) is 0 Å². The number of aromatic nitrogens is 1. The van der Waals surface area contributed by atoms with Crippen molar-refractivity contribution in [2.24, 2.45) is 0 Å². The van der Waals surface area contributed by atoms with Crippen molar-refractivity contribution in [2.45, 2.75) is 6.92 Å². The lowest BCUT2D eigenvalue weighted by Crippen LogP contribution is -2.22. The Hall–Kier alpha value is -1.53. The van der Waals surface area contributed by atoms with Crippen LogP contribution in [0.2, 0.25) is 20.1 Å². The second kappa shape index (κ2) is 8.03. The van der Waals surface area contributed by atoms with E-state index in [1.165, 1.54) is 18.2 Å². The third kappa shape index (κ3) is 4.51. The van der Waals surface area contributed by atoms with E-state index in [1.54, 1.807) is 13.0 Å². The fraction of sp³-hybridized carbons (Fsp3) is 0.133. The highest BCUT2D eigenvalue weighted by atomic mass is 35.5. The number of esters is 1. The molecule has 1 heterocycles. The van der Waals surface area contributed by atoms with Crippen molar-refractivity contribution in [2.75, 3.05) is 11.9 Å². The fourth-order valence-corrected chi connectivity index (χ4v) is 2.67. The number of hydrogen-bond donors (Lipinski definition) is 1. The SMILES string of the molecule is Cc1nc(NC(=O)COC(=O)c2c(Cl)cccc2Cl)c(Cl)cc1Cl. The molecule has 1 aromatic heterocycles. The summed E-state index contributed by atoms with van der Waals surface area (Å²) in [6.45, 7) is 1.10.